The van der Waals surface area contributed by atoms with Crippen LogP contribution in [0.25, 0.3) is 0 Å². The zero-order chi connectivity index (χ0) is 17.3. The monoisotopic (exact) mass is 334 g/mol. The summed E-state index contributed by atoms with van der Waals surface area (Å²) >= 11 is 0. The fourth-order valence-corrected chi connectivity index (χ4v) is 3.53. The highest BCUT2D eigenvalue weighted by Gasteiger charge is 2.57. The standard InChI is InChI=1S/C16H26N6O2/c1-12(2)4-9-22-15(24)21(10-13-19-18-11-20(13)3)14(23)16(22)5-7-17-8-6-16/h11-12,17H,4-10H2,1-3H3. The zero-order valence-corrected chi connectivity index (χ0v) is 14.7. The Labute approximate surface area is 142 Å². The summed E-state index contributed by atoms with van der Waals surface area (Å²) in [4.78, 5) is 29.3. The average Bonchev–Trinajstić information content (AvgIpc) is 3.03. The summed E-state index contributed by atoms with van der Waals surface area (Å²) in [5.74, 6) is 1.02. The molecule has 8 nitrogen and oxygen atoms in total. The molecule has 132 valence electrons. The van der Waals surface area contributed by atoms with E-state index in [0.717, 1.165) is 19.5 Å². The topological polar surface area (TPSA) is 83.4 Å². The maximum atomic E-state index is 13.2. The molecular formula is C16H26N6O2. The number of carbonyl (C=O) groups excluding carboxylic acids is 2. The number of amides is 3. The zero-order valence-electron chi connectivity index (χ0n) is 14.7. The van der Waals surface area contributed by atoms with Crippen molar-refractivity contribution in [2.75, 3.05) is 19.6 Å². The van der Waals surface area contributed by atoms with Crippen LogP contribution < -0.4 is 5.32 Å². The Hall–Kier alpha value is -1.96. The first-order chi connectivity index (χ1) is 11.5. The molecule has 24 heavy (non-hydrogen) atoms. The molecule has 0 aromatic carbocycles. The van der Waals surface area contributed by atoms with Gasteiger partial charge in [-0.15, -0.1) is 10.2 Å². The van der Waals surface area contributed by atoms with Crippen LogP contribution >= 0.6 is 0 Å². The number of hydrogen-bond acceptors (Lipinski definition) is 5. The highest BCUT2D eigenvalue weighted by atomic mass is 16.2. The predicted molar refractivity (Wildman–Crippen MR) is 87.9 cm³/mol. The number of aromatic nitrogens is 3. The van der Waals surface area contributed by atoms with E-state index in [1.165, 1.54) is 4.90 Å². The van der Waals surface area contributed by atoms with Crippen LogP contribution in [0, 0.1) is 5.92 Å². The van der Waals surface area contributed by atoms with E-state index < -0.39 is 5.54 Å². The number of rotatable bonds is 5. The SMILES string of the molecule is CC(C)CCN1C(=O)N(Cc2nncn2C)C(=O)C12CCNCC2. The minimum absolute atomic E-state index is 0.0826. The van der Waals surface area contributed by atoms with E-state index >= 15 is 0 Å². The maximum Gasteiger partial charge on any atom is 0.328 e. The molecule has 2 saturated heterocycles. The maximum absolute atomic E-state index is 13.2. The second-order valence-electron chi connectivity index (χ2n) is 7.15. The predicted octanol–water partition coefficient (Wildman–Crippen LogP) is 0.748. The molecule has 1 spiro atoms. The van der Waals surface area contributed by atoms with Gasteiger partial charge in [0.2, 0.25) is 0 Å². The second-order valence-corrected chi connectivity index (χ2v) is 7.15. The Morgan fingerprint density at radius 1 is 1.29 bits per heavy atom. The van der Waals surface area contributed by atoms with Gasteiger partial charge in [-0.2, -0.15) is 0 Å². The number of nitrogens with zero attached hydrogens (tertiary/aromatic N) is 5. The van der Waals surface area contributed by atoms with Crippen molar-refractivity contribution in [3.8, 4) is 0 Å². The lowest BCUT2D eigenvalue weighted by Crippen LogP contribution is -2.56. The van der Waals surface area contributed by atoms with Crippen LogP contribution in [0.5, 0.6) is 0 Å². The van der Waals surface area contributed by atoms with Crippen LogP contribution in [0.4, 0.5) is 4.79 Å². The Morgan fingerprint density at radius 2 is 2.00 bits per heavy atom. The van der Waals surface area contributed by atoms with Gasteiger partial charge in [-0.1, -0.05) is 13.8 Å². The van der Waals surface area contributed by atoms with E-state index in [2.05, 4.69) is 29.4 Å². The largest absolute Gasteiger partial charge is 0.328 e. The molecule has 0 aliphatic carbocycles. The van der Waals surface area contributed by atoms with Gasteiger partial charge in [0.05, 0.1) is 6.54 Å². The van der Waals surface area contributed by atoms with Crippen LogP contribution in [0.1, 0.15) is 38.9 Å². The molecule has 0 unspecified atom stereocenters. The highest BCUT2D eigenvalue weighted by Crippen LogP contribution is 2.36. The third-order valence-electron chi connectivity index (χ3n) is 5.09. The lowest BCUT2D eigenvalue weighted by atomic mass is 9.86. The molecule has 0 saturated carbocycles. The number of hydrogen-bond donors (Lipinski definition) is 1. The molecule has 8 heteroatoms. The number of carbonyl (C=O) groups is 2. The average molecular weight is 334 g/mol. The van der Waals surface area contributed by atoms with Gasteiger partial charge in [0, 0.05) is 13.6 Å². The quantitative estimate of drug-likeness (QED) is 0.803. The Balaban J connectivity index is 1.87. The number of aryl methyl sites for hydroxylation is 1. The molecule has 3 heterocycles. The van der Waals surface area contributed by atoms with E-state index in [1.807, 2.05) is 11.9 Å². The van der Waals surface area contributed by atoms with E-state index in [4.69, 9.17) is 0 Å². The smallest absolute Gasteiger partial charge is 0.319 e. The van der Waals surface area contributed by atoms with E-state index in [-0.39, 0.29) is 18.5 Å². The molecule has 2 fully saturated rings. The highest BCUT2D eigenvalue weighted by molar-refractivity contribution is 6.07. The van der Waals surface area contributed by atoms with E-state index in [1.54, 1.807) is 10.9 Å². The fourth-order valence-electron chi connectivity index (χ4n) is 3.53. The molecule has 2 aliphatic rings. The molecule has 3 amide bonds. The number of imide groups is 1. The lowest BCUT2D eigenvalue weighted by molar-refractivity contribution is -0.135. The summed E-state index contributed by atoms with van der Waals surface area (Å²) in [5, 5.41) is 11.1. The van der Waals surface area contributed by atoms with Gasteiger partial charge in [0.1, 0.15) is 11.9 Å². The van der Waals surface area contributed by atoms with Crippen molar-refractivity contribution < 1.29 is 9.59 Å². The Morgan fingerprint density at radius 3 is 2.58 bits per heavy atom. The van der Waals surface area contributed by atoms with E-state index in [0.29, 0.717) is 31.1 Å². The summed E-state index contributed by atoms with van der Waals surface area (Å²) in [6, 6.07) is -0.189. The van der Waals surface area contributed by atoms with Crippen LogP contribution in [0.3, 0.4) is 0 Å². The first-order valence-corrected chi connectivity index (χ1v) is 8.63. The number of urea groups is 1. The number of piperidine rings is 1. The summed E-state index contributed by atoms with van der Waals surface area (Å²) in [6.07, 6.45) is 3.82. The van der Waals surface area contributed by atoms with Gasteiger partial charge < -0.3 is 14.8 Å². The second kappa shape index (κ2) is 6.51. The summed E-state index contributed by atoms with van der Waals surface area (Å²) in [5.41, 5.74) is -0.685. The van der Waals surface area contributed by atoms with Crippen LogP contribution in [-0.4, -0.2) is 61.7 Å². The molecule has 1 N–H and O–H groups in total. The van der Waals surface area contributed by atoms with Gasteiger partial charge in [-0.25, -0.2) is 4.79 Å². The summed E-state index contributed by atoms with van der Waals surface area (Å²) < 4.78 is 1.74. The molecular weight excluding hydrogens is 308 g/mol. The third-order valence-corrected chi connectivity index (χ3v) is 5.09. The van der Waals surface area contributed by atoms with Crippen molar-refractivity contribution in [3.63, 3.8) is 0 Å². The van der Waals surface area contributed by atoms with Gasteiger partial charge >= 0.3 is 6.03 Å². The normalized spacial score (nSPS) is 20.7. The minimum Gasteiger partial charge on any atom is -0.319 e. The Kier molecular flexibility index (Phi) is 4.58. The van der Waals surface area contributed by atoms with Gasteiger partial charge in [0.25, 0.3) is 5.91 Å². The Bertz CT molecular complexity index is 620. The third kappa shape index (κ3) is 2.79. The van der Waals surface area contributed by atoms with Crippen molar-refractivity contribution in [2.45, 2.75) is 45.2 Å². The summed E-state index contributed by atoms with van der Waals surface area (Å²) in [6.45, 7) is 6.59. The van der Waals surface area contributed by atoms with Crippen molar-refractivity contribution in [3.05, 3.63) is 12.2 Å². The van der Waals surface area contributed by atoms with Crippen molar-refractivity contribution >= 4 is 11.9 Å². The van der Waals surface area contributed by atoms with Crippen molar-refractivity contribution in [2.24, 2.45) is 13.0 Å². The molecule has 0 bridgehead atoms. The van der Waals surface area contributed by atoms with Crippen LogP contribution in [0.15, 0.2) is 6.33 Å². The molecule has 0 radical (unpaired) electrons. The fraction of sp³-hybridized carbons (Fsp3) is 0.750. The molecule has 3 rings (SSSR count). The first kappa shape index (κ1) is 16.9. The van der Waals surface area contributed by atoms with Crippen molar-refractivity contribution in [1.29, 1.82) is 0 Å². The van der Waals surface area contributed by atoms with Crippen LogP contribution in [-0.2, 0) is 18.4 Å². The molecule has 2 aliphatic heterocycles. The molecule has 1 aromatic rings. The number of nitrogens with one attached hydrogen (secondary N) is 1. The van der Waals surface area contributed by atoms with Gasteiger partial charge in [0.15, 0.2) is 5.82 Å². The molecule has 0 atom stereocenters. The van der Waals surface area contributed by atoms with Gasteiger partial charge in [-0.05, 0) is 38.3 Å². The summed E-state index contributed by atoms with van der Waals surface area (Å²) in [7, 11) is 1.82. The first-order valence-electron chi connectivity index (χ1n) is 8.63. The molecule has 1 aromatic heterocycles. The van der Waals surface area contributed by atoms with Gasteiger partial charge in [-0.3, -0.25) is 9.69 Å². The van der Waals surface area contributed by atoms with Crippen molar-refractivity contribution in [1.82, 2.24) is 29.9 Å². The minimum atomic E-state index is -0.685. The lowest BCUT2D eigenvalue weighted by Gasteiger charge is -2.38. The van der Waals surface area contributed by atoms with E-state index in [9.17, 15) is 9.59 Å². The van der Waals surface area contributed by atoms with Crippen LogP contribution in [0.2, 0.25) is 0 Å².